The van der Waals surface area contributed by atoms with Crippen LogP contribution in [0.4, 0.5) is 8.78 Å². The summed E-state index contributed by atoms with van der Waals surface area (Å²) in [7, 11) is 0. The molecule has 1 rings (SSSR count). The van der Waals surface area contributed by atoms with Crippen LogP contribution in [-0.4, -0.2) is 17.5 Å². The van der Waals surface area contributed by atoms with Crippen molar-refractivity contribution < 1.29 is 13.9 Å². The van der Waals surface area contributed by atoms with Crippen molar-refractivity contribution in [2.45, 2.75) is 23.1 Å². The van der Waals surface area contributed by atoms with Gasteiger partial charge in [-0.05, 0) is 24.6 Å². The monoisotopic (exact) mass is 233 g/mol. The number of thioether (sulfide) groups is 1. The number of aliphatic hydroxyl groups excluding tert-OH is 1. The van der Waals surface area contributed by atoms with Gasteiger partial charge in [0.2, 0.25) is 0 Å². The van der Waals surface area contributed by atoms with E-state index >= 15 is 0 Å². The van der Waals surface area contributed by atoms with Gasteiger partial charge in [-0.25, -0.2) is 0 Å². The van der Waals surface area contributed by atoms with Crippen LogP contribution in [0.15, 0.2) is 29.2 Å². The van der Waals surface area contributed by atoms with Gasteiger partial charge in [-0.3, -0.25) is 0 Å². The molecular formula is C10H13F2NOS. The van der Waals surface area contributed by atoms with Crippen LogP contribution in [0.1, 0.15) is 12.5 Å². The van der Waals surface area contributed by atoms with Gasteiger partial charge in [0, 0.05) is 4.90 Å². The van der Waals surface area contributed by atoms with Crippen LogP contribution < -0.4 is 5.73 Å². The van der Waals surface area contributed by atoms with E-state index in [9.17, 15) is 8.78 Å². The Morgan fingerprint density at radius 1 is 1.53 bits per heavy atom. The molecule has 0 aromatic heterocycles. The fourth-order valence-electron chi connectivity index (χ4n) is 1.12. The molecule has 0 bridgehead atoms. The smallest absolute Gasteiger partial charge is 0.288 e. The van der Waals surface area contributed by atoms with Crippen molar-refractivity contribution >= 4 is 11.8 Å². The third kappa shape index (κ3) is 3.44. The van der Waals surface area contributed by atoms with Crippen molar-refractivity contribution in [3.63, 3.8) is 0 Å². The first-order chi connectivity index (χ1) is 6.95. The molecular weight excluding hydrogens is 220 g/mol. The lowest BCUT2D eigenvalue weighted by Gasteiger charge is -2.22. The van der Waals surface area contributed by atoms with E-state index in [2.05, 4.69) is 0 Å². The average Bonchev–Trinajstić information content (AvgIpc) is 2.17. The minimum Gasteiger partial charge on any atom is -0.394 e. The Hall–Kier alpha value is -0.650. The van der Waals surface area contributed by atoms with Crippen molar-refractivity contribution in [2.24, 2.45) is 5.73 Å². The van der Waals surface area contributed by atoms with Crippen molar-refractivity contribution in [3.05, 3.63) is 29.8 Å². The summed E-state index contributed by atoms with van der Waals surface area (Å²) in [5, 5.41) is 9.04. The van der Waals surface area contributed by atoms with E-state index in [1.54, 1.807) is 31.2 Å². The molecule has 0 aliphatic carbocycles. The van der Waals surface area contributed by atoms with E-state index in [-0.39, 0.29) is 6.61 Å². The van der Waals surface area contributed by atoms with Gasteiger partial charge in [-0.15, -0.1) is 0 Å². The molecule has 0 saturated carbocycles. The van der Waals surface area contributed by atoms with E-state index in [4.69, 9.17) is 10.8 Å². The van der Waals surface area contributed by atoms with Crippen molar-refractivity contribution in [1.29, 1.82) is 0 Å². The second-order valence-corrected chi connectivity index (χ2v) is 4.55. The van der Waals surface area contributed by atoms with Crippen molar-refractivity contribution in [1.82, 2.24) is 0 Å². The molecule has 84 valence electrons. The number of halogens is 2. The highest BCUT2D eigenvalue weighted by Crippen LogP contribution is 2.28. The van der Waals surface area contributed by atoms with Gasteiger partial charge in [0.25, 0.3) is 5.76 Å². The predicted molar refractivity (Wildman–Crippen MR) is 56.9 cm³/mol. The lowest BCUT2D eigenvalue weighted by Crippen LogP contribution is -2.36. The Balaban J connectivity index is 2.92. The van der Waals surface area contributed by atoms with Crippen LogP contribution in [0, 0.1) is 0 Å². The van der Waals surface area contributed by atoms with E-state index in [1.807, 2.05) is 0 Å². The molecule has 1 aromatic carbocycles. The summed E-state index contributed by atoms with van der Waals surface area (Å²) in [6.07, 6.45) is 0. The number of hydrogen-bond acceptors (Lipinski definition) is 3. The van der Waals surface area contributed by atoms with Crippen LogP contribution >= 0.6 is 11.8 Å². The summed E-state index contributed by atoms with van der Waals surface area (Å²) in [5.74, 6) is -2.45. The fourth-order valence-corrected chi connectivity index (χ4v) is 1.68. The zero-order valence-corrected chi connectivity index (χ0v) is 9.10. The Labute approximate surface area is 91.5 Å². The molecule has 5 heteroatoms. The van der Waals surface area contributed by atoms with E-state index in [1.165, 1.54) is 0 Å². The zero-order valence-electron chi connectivity index (χ0n) is 8.28. The van der Waals surface area contributed by atoms with Crippen LogP contribution in [0.5, 0.6) is 0 Å². The summed E-state index contributed by atoms with van der Waals surface area (Å²) in [4.78, 5) is 0.452. The summed E-state index contributed by atoms with van der Waals surface area (Å²) in [6.45, 7) is 1.43. The SMILES string of the molecule is CC(N)(CO)c1cccc(SC(F)F)c1. The highest BCUT2D eigenvalue weighted by Gasteiger charge is 2.20. The molecule has 0 fully saturated rings. The first kappa shape index (κ1) is 12.4. The van der Waals surface area contributed by atoms with Crippen molar-refractivity contribution in [3.8, 4) is 0 Å². The predicted octanol–water partition coefficient (Wildman–Crippen LogP) is 2.17. The molecule has 1 unspecified atom stereocenters. The zero-order chi connectivity index (χ0) is 11.5. The normalized spacial score (nSPS) is 15.3. The van der Waals surface area contributed by atoms with Crippen LogP contribution in [-0.2, 0) is 5.54 Å². The van der Waals surface area contributed by atoms with Gasteiger partial charge in [0.15, 0.2) is 0 Å². The van der Waals surface area contributed by atoms with Gasteiger partial charge < -0.3 is 10.8 Å². The topological polar surface area (TPSA) is 46.2 Å². The molecule has 15 heavy (non-hydrogen) atoms. The number of rotatable bonds is 4. The number of nitrogens with two attached hydrogens (primary N) is 1. The van der Waals surface area contributed by atoms with E-state index < -0.39 is 11.3 Å². The molecule has 0 saturated heterocycles. The Bertz CT molecular complexity index is 331. The van der Waals surface area contributed by atoms with Gasteiger partial charge in [0.1, 0.15) is 0 Å². The fraction of sp³-hybridized carbons (Fsp3) is 0.400. The summed E-state index contributed by atoms with van der Waals surface area (Å²) >= 11 is 0.469. The lowest BCUT2D eigenvalue weighted by atomic mass is 9.94. The maximum atomic E-state index is 12.1. The summed E-state index contributed by atoms with van der Waals surface area (Å²) in [6, 6.07) is 6.54. The third-order valence-corrected chi connectivity index (χ3v) is 2.75. The molecule has 0 amide bonds. The molecule has 3 N–H and O–H groups in total. The molecule has 0 aliphatic rings. The molecule has 2 nitrogen and oxygen atoms in total. The molecule has 0 heterocycles. The third-order valence-electron chi connectivity index (χ3n) is 2.05. The first-order valence-electron chi connectivity index (χ1n) is 4.41. The van der Waals surface area contributed by atoms with Crippen LogP contribution in [0.2, 0.25) is 0 Å². The molecule has 1 aromatic rings. The van der Waals surface area contributed by atoms with E-state index in [0.717, 1.165) is 0 Å². The lowest BCUT2D eigenvalue weighted by molar-refractivity contribution is 0.210. The standard InChI is InChI=1S/C10H13F2NOS/c1-10(13,6-14)7-3-2-4-8(5-7)15-9(11)12/h2-5,9,14H,6,13H2,1H3. The maximum absolute atomic E-state index is 12.1. The second kappa shape index (κ2) is 4.92. The number of aliphatic hydroxyl groups is 1. The molecule has 0 spiro atoms. The number of alkyl halides is 2. The molecule has 1 atom stereocenters. The van der Waals surface area contributed by atoms with Crippen LogP contribution in [0.25, 0.3) is 0 Å². The molecule has 0 aliphatic heterocycles. The second-order valence-electron chi connectivity index (χ2n) is 3.48. The van der Waals surface area contributed by atoms with Crippen molar-refractivity contribution in [2.75, 3.05) is 6.61 Å². The Morgan fingerprint density at radius 3 is 2.73 bits per heavy atom. The highest BCUT2D eigenvalue weighted by atomic mass is 32.2. The quantitative estimate of drug-likeness (QED) is 0.783. The molecule has 0 radical (unpaired) electrons. The van der Waals surface area contributed by atoms with E-state index in [0.29, 0.717) is 22.2 Å². The number of hydrogen-bond donors (Lipinski definition) is 2. The first-order valence-corrected chi connectivity index (χ1v) is 5.29. The van der Waals surface area contributed by atoms with Gasteiger partial charge in [0.05, 0.1) is 12.1 Å². The number of benzene rings is 1. The van der Waals surface area contributed by atoms with Crippen LogP contribution in [0.3, 0.4) is 0 Å². The average molecular weight is 233 g/mol. The maximum Gasteiger partial charge on any atom is 0.288 e. The largest absolute Gasteiger partial charge is 0.394 e. The Morgan fingerprint density at radius 2 is 2.20 bits per heavy atom. The van der Waals surface area contributed by atoms with Gasteiger partial charge >= 0.3 is 0 Å². The summed E-state index contributed by atoms with van der Waals surface area (Å²) < 4.78 is 24.2. The van der Waals surface area contributed by atoms with Gasteiger partial charge in [-0.2, -0.15) is 8.78 Å². The Kier molecular flexibility index (Phi) is 4.07. The highest BCUT2D eigenvalue weighted by molar-refractivity contribution is 7.99. The minimum absolute atomic E-state index is 0.226. The minimum atomic E-state index is -2.45. The van der Waals surface area contributed by atoms with Gasteiger partial charge in [-0.1, -0.05) is 23.9 Å². The summed E-state index contributed by atoms with van der Waals surface area (Å²) in [5.41, 5.74) is 5.55.